The molecule has 1 fully saturated rings. The minimum atomic E-state index is -1.22. The smallest absolute Gasteiger partial charge is 0.348 e. The number of carbonyl (C=O) groups is 2. The Kier molecular flexibility index (Phi) is 3.04. The Morgan fingerprint density at radius 1 is 1.29 bits per heavy atom. The molecular formula is C14H15N3O4. The molecule has 21 heavy (non-hydrogen) atoms. The summed E-state index contributed by atoms with van der Waals surface area (Å²) in [5.74, 6) is -1.82. The number of nitrogens with zero attached hydrogens (tertiary/aromatic N) is 2. The van der Waals surface area contributed by atoms with Gasteiger partial charge in [0.2, 0.25) is 5.96 Å². The summed E-state index contributed by atoms with van der Waals surface area (Å²) in [6.45, 7) is 4.49. The largest absolute Gasteiger partial charge is 0.419 e. The van der Waals surface area contributed by atoms with Crippen molar-refractivity contribution < 1.29 is 19.1 Å². The first-order valence-electron chi connectivity index (χ1n) is 6.60. The van der Waals surface area contributed by atoms with Gasteiger partial charge in [0.1, 0.15) is 5.57 Å². The molecule has 0 aromatic rings. The van der Waals surface area contributed by atoms with Crippen molar-refractivity contribution >= 4 is 17.9 Å². The third-order valence-corrected chi connectivity index (χ3v) is 3.16. The van der Waals surface area contributed by atoms with Gasteiger partial charge in [0.15, 0.2) is 0 Å². The number of hydrogen-bond acceptors (Lipinski definition) is 7. The Labute approximate surface area is 121 Å². The molecule has 0 saturated carbocycles. The number of aliphatic imine (C=N–C) groups is 1. The second-order valence-corrected chi connectivity index (χ2v) is 5.19. The van der Waals surface area contributed by atoms with Crippen LogP contribution >= 0.6 is 0 Å². The molecule has 3 aliphatic heterocycles. The van der Waals surface area contributed by atoms with Crippen LogP contribution in [0.4, 0.5) is 0 Å². The van der Waals surface area contributed by atoms with Gasteiger partial charge in [-0.25, -0.2) is 9.59 Å². The highest BCUT2D eigenvalue weighted by atomic mass is 16.7. The van der Waals surface area contributed by atoms with Crippen LogP contribution in [0.5, 0.6) is 0 Å². The van der Waals surface area contributed by atoms with Gasteiger partial charge in [0.05, 0.1) is 6.54 Å². The molecule has 0 spiro atoms. The van der Waals surface area contributed by atoms with Crippen molar-refractivity contribution in [3.8, 4) is 0 Å². The van der Waals surface area contributed by atoms with E-state index in [1.807, 2.05) is 11.0 Å². The number of ether oxygens (including phenoxy) is 2. The van der Waals surface area contributed by atoms with Crippen LogP contribution in [-0.2, 0) is 19.1 Å². The van der Waals surface area contributed by atoms with E-state index in [9.17, 15) is 9.59 Å². The average Bonchev–Trinajstić information content (AvgIpc) is 2.85. The number of carbonyl (C=O) groups excluding carboxylic acids is 2. The Hall–Kier alpha value is -2.57. The molecule has 7 nitrogen and oxygen atoms in total. The predicted molar refractivity (Wildman–Crippen MR) is 73.7 cm³/mol. The molecule has 3 rings (SSSR count). The molecule has 0 aliphatic carbocycles. The second kappa shape index (κ2) is 4.76. The fourth-order valence-electron chi connectivity index (χ4n) is 2.22. The van der Waals surface area contributed by atoms with Gasteiger partial charge in [0.25, 0.3) is 5.79 Å². The second-order valence-electron chi connectivity index (χ2n) is 5.19. The number of hydrogen-bond donors (Lipinski definition) is 1. The number of fused-ring (bicyclic) bond motifs is 1. The number of cyclic esters (lactones) is 2. The lowest BCUT2D eigenvalue weighted by atomic mass is 10.2. The molecule has 0 unspecified atom stereocenters. The van der Waals surface area contributed by atoms with Crippen molar-refractivity contribution in [3.05, 3.63) is 35.7 Å². The topological polar surface area (TPSA) is 80.2 Å². The van der Waals surface area contributed by atoms with Gasteiger partial charge in [-0.2, -0.15) is 0 Å². The monoisotopic (exact) mass is 289 g/mol. The summed E-state index contributed by atoms with van der Waals surface area (Å²) >= 11 is 0. The van der Waals surface area contributed by atoms with Crippen LogP contribution < -0.4 is 5.32 Å². The summed E-state index contributed by atoms with van der Waals surface area (Å²) < 4.78 is 10.1. The van der Waals surface area contributed by atoms with Gasteiger partial charge < -0.3 is 19.7 Å². The summed E-state index contributed by atoms with van der Waals surface area (Å²) in [7, 11) is 0. The molecule has 7 heteroatoms. The molecule has 0 atom stereocenters. The quantitative estimate of drug-likeness (QED) is 0.428. The lowest BCUT2D eigenvalue weighted by molar-refractivity contribution is -0.222. The summed E-state index contributed by atoms with van der Waals surface area (Å²) in [5.41, 5.74) is 0.717. The maximum atomic E-state index is 11.8. The number of guanidine groups is 1. The Bertz CT molecular complexity index is 606. The van der Waals surface area contributed by atoms with E-state index in [1.54, 1.807) is 12.3 Å². The summed E-state index contributed by atoms with van der Waals surface area (Å²) in [6.07, 6.45) is 6.69. The highest BCUT2D eigenvalue weighted by molar-refractivity contribution is 6.15. The van der Waals surface area contributed by atoms with E-state index in [2.05, 4.69) is 10.3 Å². The van der Waals surface area contributed by atoms with Crippen LogP contribution in [0.2, 0.25) is 0 Å². The van der Waals surface area contributed by atoms with Crippen molar-refractivity contribution in [2.75, 3.05) is 13.1 Å². The van der Waals surface area contributed by atoms with E-state index in [0.29, 0.717) is 6.54 Å². The van der Waals surface area contributed by atoms with E-state index in [1.165, 1.54) is 19.9 Å². The number of allylic oxidation sites excluding steroid dienone is 3. The normalized spacial score (nSPS) is 25.0. The molecule has 0 bridgehead atoms. The van der Waals surface area contributed by atoms with Crippen LogP contribution in [-0.4, -0.2) is 41.7 Å². The zero-order valence-corrected chi connectivity index (χ0v) is 11.8. The number of esters is 2. The molecule has 110 valence electrons. The summed E-state index contributed by atoms with van der Waals surface area (Å²) in [4.78, 5) is 29.9. The molecule has 3 heterocycles. The van der Waals surface area contributed by atoms with E-state index in [0.717, 1.165) is 18.2 Å². The minimum Gasteiger partial charge on any atom is -0.419 e. The lowest BCUT2D eigenvalue weighted by Crippen LogP contribution is -2.41. The molecule has 0 aromatic heterocycles. The van der Waals surface area contributed by atoms with Crippen LogP contribution in [0, 0.1) is 0 Å². The van der Waals surface area contributed by atoms with Crippen molar-refractivity contribution in [3.63, 3.8) is 0 Å². The standard InChI is InChI=1S/C14H15N3O4/c1-14(2)20-11(18)10(12(19)21-14)4-3-9-5-6-15-13-16-7-8-17(9)13/h3-6H,7-8H2,1-2H3,(H,15,16)/b9-3-. The average molecular weight is 289 g/mol. The highest BCUT2D eigenvalue weighted by Crippen LogP contribution is 2.23. The van der Waals surface area contributed by atoms with Crippen molar-refractivity contribution in [2.45, 2.75) is 19.6 Å². The van der Waals surface area contributed by atoms with E-state index < -0.39 is 17.7 Å². The van der Waals surface area contributed by atoms with Crippen LogP contribution in [0.3, 0.4) is 0 Å². The third-order valence-electron chi connectivity index (χ3n) is 3.16. The van der Waals surface area contributed by atoms with Crippen LogP contribution in [0.25, 0.3) is 0 Å². The summed E-state index contributed by atoms with van der Waals surface area (Å²) in [6, 6.07) is 0. The van der Waals surface area contributed by atoms with E-state index in [-0.39, 0.29) is 5.57 Å². The van der Waals surface area contributed by atoms with Gasteiger partial charge >= 0.3 is 11.9 Å². The van der Waals surface area contributed by atoms with Crippen molar-refractivity contribution in [1.29, 1.82) is 0 Å². The third kappa shape index (κ3) is 2.54. The van der Waals surface area contributed by atoms with Gasteiger partial charge in [-0.3, -0.25) is 4.99 Å². The maximum Gasteiger partial charge on any atom is 0.348 e. The number of rotatable bonds is 1. The fourth-order valence-corrected chi connectivity index (χ4v) is 2.22. The fraction of sp³-hybridized carbons (Fsp3) is 0.357. The van der Waals surface area contributed by atoms with Crippen molar-refractivity contribution in [2.24, 2.45) is 4.99 Å². The van der Waals surface area contributed by atoms with E-state index in [4.69, 9.17) is 9.47 Å². The van der Waals surface area contributed by atoms with Gasteiger partial charge in [-0.15, -0.1) is 0 Å². The molecule has 0 aromatic carbocycles. The molecule has 1 N–H and O–H groups in total. The molecule has 0 radical (unpaired) electrons. The first-order chi connectivity index (χ1) is 9.96. The first kappa shape index (κ1) is 13.4. The highest BCUT2D eigenvalue weighted by Gasteiger charge is 2.38. The van der Waals surface area contributed by atoms with Crippen molar-refractivity contribution in [1.82, 2.24) is 10.2 Å². The first-order valence-corrected chi connectivity index (χ1v) is 6.60. The SMILES string of the molecule is CC1(C)OC(=O)C(=C/C=C2/C=CNC3=NCCN32)C(=O)O1. The Morgan fingerprint density at radius 2 is 2.00 bits per heavy atom. The molecule has 0 amide bonds. The van der Waals surface area contributed by atoms with Gasteiger partial charge in [0, 0.05) is 32.3 Å². The molecular weight excluding hydrogens is 274 g/mol. The Morgan fingerprint density at radius 3 is 2.71 bits per heavy atom. The van der Waals surface area contributed by atoms with Crippen LogP contribution in [0.1, 0.15) is 13.8 Å². The van der Waals surface area contributed by atoms with E-state index >= 15 is 0 Å². The molecule has 1 saturated heterocycles. The zero-order chi connectivity index (χ0) is 15.0. The van der Waals surface area contributed by atoms with Gasteiger partial charge in [-0.05, 0) is 18.2 Å². The lowest BCUT2D eigenvalue weighted by Gasteiger charge is -2.29. The predicted octanol–water partition coefficient (Wildman–Crippen LogP) is 0.421. The van der Waals surface area contributed by atoms with Gasteiger partial charge in [-0.1, -0.05) is 0 Å². The Balaban J connectivity index is 1.85. The minimum absolute atomic E-state index is 0.119. The van der Waals surface area contributed by atoms with Crippen LogP contribution in [0.15, 0.2) is 40.7 Å². The maximum absolute atomic E-state index is 11.8. The zero-order valence-electron chi connectivity index (χ0n) is 11.8. The number of nitrogens with one attached hydrogen (secondary N) is 1. The summed E-state index contributed by atoms with van der Waals surface area (Å²) in [5, 5.41) is 3.03. The molecule has 3 aliphatic rings.